The van der Waals surface area contributed by atoms with Crippen molar-refractivity contribution in [2.24, 2.45) is 5.41 Å². The Hall–Kier alpha value is -2.04. The number of amides is 1. The summed E-state index contributed by atoms with van der Waals surface area (Å²) >= 11 is 0. The van der Waals surface area contributed by atoms with Crippen LogP contribution in [0.5, 0.6) is 5.75 Å². The average Bonchev–Trinajstić information content (AvgIpc) is 2.95. The lowest BCUT2D eigenvalue weighted by molar-refractivity contribution is -0.148. The Morgan fingerprint density at radius 3 is 2.67 bits per heavy atom. The molecule has 0 aliphatic heterocycles. The molecule has 5 nitrogen and oxygen atoms in total. The highest BCUT2D eigenvalue weighted by atomic mass is 16.5. The number of ether oxygens (including phenoxy) is 1. The molecule has 1 aromatic carbocycles. The molecule has 1 fully saturated rings. The molecule has 2 rings (SSSR count). The van der Waals surface area contributed by atoms with Gasteiger partial charge in [-0.05, 0) is 30.5 Å². The number of benzene rings is 1. The summed E-state index contributed by atoms with van der Waals surface area (Å²) in [6, 6.07) is 7.31. The van der Waals surface area contributed by atoms with Crippen LogP contribution in [0.15, 0.2) is 24.3 Å². The third kappa shape index (κ3) is 3.74. The number of aliphatic carboxylic acids is 1. The second kappa shape index (κ2) is 6.61. The minimum Gasteiger partial charge on any atom is -0.497 e. The number of rotatable bonds is 6. The molecule has 1 saturated carbocycles. The summed E-state index contributed by atoms with van der Waals surface area (Å²) in [6.45, 7) is 0.213. The predicted octanol–water partition coefficient (Wildman–Crippen LogP) is 2.00. The van der Waals surface area contributed by atoms with Crippen molar-refractivity contribution in [3.05, 3.63) is 29.8 Å². The van der Waals surface area contributed by atoms with Crippen LogP contribution in [0.2, 0.25) is 0 Å². The monoisotopic (exact) mass is 291 g/mol. The summed E-state index contributed by atoms with van der Waals surface area (Å²) in [7, 11) is 1.58. The number of methoxy groups -OCH3 is 1. The van der Waals surface area contributed by atoms with Gasteiger partial charge in [-0.15, -0.1) is 0 Å². The zero-order valence-corrected chi connectivity index (χ0v) is 12.2. The number of carboxylic acid groups (broad SMARTS) is 1. The molecule has 114 valence electrons. The van der Waals surface area contributed by atoms with Crippen LogP contribution in [0, 0.1) is 5.41 Å². The molecular weight excluding hydrogens is 270 g/mol. The Balaban J connectivity index is 1.91. The van der Waals surface area contributed by atoms with Crippen LogP contribution in [0.4, 0.5) is 0 Å². The quantitative estimate of drug-likeness (QED) is 0.840. The van der Waals surface area contributed by atoms with Gasteiger partial charge in [0.15, 0.2) is 0 Å². The summed E-state index contributed by atoms with van der Waals surface area (Å²) in [5.41, 5.74) is 0.0759. The molecule has 5 heteroatoms. The zero-order valence-electron chi connectivity index (χ0n) is 12.2. The second-order valence-electron chi connectivity index (χ2n) is 5.60. The van der Waals surface area contributed by atoms with Crippen molar-refractivity contribution in [3.63, 3.8) is 0 Å². The minimum absolute atomic E-state index is 0.157. The molecule has 2 N–H and O–H groups in total. The molecule has 0 heterocycles. The summed E-state index contributed by atoms with van der Waals surface area (Å²) in [4.78, 5) is 23.4. The summed E-state index contributed by atoms with van der Waals surface area (Å²) < 4.78 is 5.12. The van der Waals surface area contributed by atoms with Crippen LogP contribution in [0.25, 0.3) is 0 Å². The number of nitrogens with one attached hydrogen (secondary N) is 1. The molecule has 1 aliphatic carbocycles. The SMILES string of the molecule is COc1cccc(CC(=O)NCC2(C(=O)O)CCCC2)c1. The first-order valence-corrected chi connectivity index (χ1v) is 7.19. The molecule has 0 saturated heterocycles. The van der Waals surface area contributed by atoms with E-state index in [-0.39, 0.29) is 18.9 Å². The van der Waals surface area contributed by atoms with E-state index < -0.39 is 11.4 Å². The van der Waals surface area contributed by atoms with Gasteiger partial charge in [-0.3, -0.25) is 9.59 Å². The van der Waals surface area contributed by atoms with E-state index in [1.807, 2.05) is 24.3 Å². The minimum atomic E-state index is -0.804. The van der Waals surface area contributed by atoms with Crippen LogP contribution < -0.4 is 10.1 Å². The Kier molecular flexibility index (Phi) is 4.83. The summed E-state index contributed by atoms with van der Waals surface area (Å²) in [6.07, 6.45) is 3.34. The highest BCUT2D eigenvalue weighted by molar-refractivity contribution is 5.80. The molecule has 0 spiro atoms. The van der Waals surface area contributed by atoms with Crippen molar-refractivity contribution >= 4 is 11.9 Å². The zero-order chi connectivity index (χ0) is 15.3. The van der Waals surface area contributed by atoms with Gasteiger partial charge in [-0.25, -0.2) is 0 Å². The number of carboxylic acids is 1. The lowest BCUT2D eigenvalue weighted by Crippen LogP contribution is -2.41. The molecule has 1 amide bonds. The fourth-order valence-corrected chi connectivity index (χ4v) is 2.82. The van der Waals surface area contributed by atoms with Crippen LogP contribution >= 0.6 is 0 Å². The third-order valence-electron chi connectivity index (χ3n) is 4.14. The van der Waals surface area contributed by atoms with Crippen molar-refractivity contribution in [1.29, 1.82) is 0 Å². The van der Waals surface area contributed by atoms with Gasteiger partial charge < -0.3 is 15.2 Å². The Morgan fingerprint density at radius 2 is 2.05 bits per heavy atom. The van der Waals surface area contributed by atoms with Gasteiger partial charge in [0.1, 0.15) is 5.75 Å². The van der Waals surface area contributed by atoms with Gasteiger partial charge >= 0.3 is 5.97 Å². The van der Waals surface area contributed by atoms with Gasteiger partial charge in [0.2, 0.25) is 5.91 Å². The Labute approximate surface area is 124 Å². The highest BCUT2D eigenvalue weighted by Gasteiger charge is 2.41. The van der Waals surface area contributed by atoms with Crippen LogP contribution in [-0.2, 0) is 16.0 Å². The van der Waals surface area contributed by atoms with Gasteiger partial charge in [0.25, 0.3) is 0 Å². The lowest BCUT2D eigenvalue weighted by Gasteiger charge is -2.24. The largest absolute Gasteiger partial charge is 0.497 e. The fraction of sp³-hybridized carbons (Fsp3) is 0.500. The van der Waals surface area contributed by atoms with Gasteiger partial charge in [-0.2, -0.15) is 0 Å². The van der Waals surface area contributed by atoms with Crippen LogP contribution in [0.3, 0.4) is 0 Å². The van der Waals surface area contributed by atoms with E-state index in [2.05, 4.69) is 5.32 Å². The number of hydrogen-bond acceptors (Lipinski definition) is 3. The maximum atomic E-state index is 12.0. The van der Waals surface area contributed by atoms with Crippen molar-refractivity contribution in [2.45, 2.75) is 32.1 Å². The number of carbonyl (C=O) groups excluding carboxylic acids is 1. The van der Waals surface area contributed by atoms with Crippen LogP contribution in [0.1, 0.15) is 31.2 Å². The first-order chi connectivity index (χ1) is 10.1. The van der Waals surface area contributed by atoms with E-state index in [9.17, 15) is 14.7 Å². The first-order valence-electron chi connectivity index (χ1n) is 7.19. The second-order valence-corrected chi connectivity index (χ2v) is 5.60. The Bertz CT molecular complexity index is 521. The van der Waals surface area contributed by atoms with Crippen molar-refractivity contribution in [2.75, 3.05) is 13.7 Å². The van der Waals surface area contributed by atoms with Crippen molar-refractivity contribution < 1.29 is 19.4 Å². The fourth-order valence-electron chi connectivity index (χ4n) is 2.82. The topological polar surface area (TPSA) is 75.6 Å². The standard InChI is InChI=1S/C16H21NO4/c1-21-13-6-4-5-12(9-13)10-14(18)17-11-16(15(19)20)7-2-3-8-16/h4-6,9H,2-3,7-8,10-11H2,1H3,(H,17,18)(H,19,20). The summed E-state index contributed by atoms with van der Waals surface area (Å²) in [5, 5.41) is 12.1. The highest BCUT2D eigenvalue weighted by Crippen LogP contribution is 2.37. The average molecular weight is 291 g/mol. The molecule has 0 aromatic heterocycles. The van der Waals surface area contributed by atoms with Gasteiger partial charge in [-0.1, -0.05) is 25.0 Å². The third-order valence-corrected chi connectivity index (χ3v) is 4.14. The van der Waals surface area contributed by atoms with E-state index >= 15 is 0 Å². The molecule has 21 heavy (non-hydrogen) atoms. The van der Waals surface area contributed by atoms with E-state index in [1.165, 1.54) is 0 Å². The lowest BCUT2D eigenvalue weighted by atomic mass is 9.86. The van der Waals surface area contributed by atoms with E-state index in [4.69, 9.17) is 4.74 Å². The first kappa shape index (κ1) is 15.4. The maximum Gasteiger partial charge on any atom is 0.311 e. The van der Waals surface area contributed by atoms with Crippen molar-refractivity contribution in [1.82, 2.24) is 5.32 Å². The van der Waals surface area contributed by atoms with Gasteiger partial charge in [0.05, 0.1) is 18.9 Å². The molecular formula is C16H21NO4. The predicted molar refractivity (Wildman–Crippen MR) is 78.2 cm³/mol. The molecule has 0 bridgehead atoms. The normalized spacial score (nSPS) is 16.4. The Morgan fingerprint density at radius 1 is 1.33 bits per heavy atom. The van der Waals surface area contributed by atoms with Crippen LogP contribution in [-0.4, -0.2) is 30.6 Å². The van der Waals surface area contributed by atoms with Crippen molar-refractivity contribution in [3.8, 4) is 5.75 Å². The maximum absolute atomic E-state index is 12.0. The number of hydrogen-bond donors (Lipinski definition) is 2. The smallest absolute Gasteiger partial charge is 0.311 e. The molecule has 1 aliphatic rings. The van der Waals surface area contributed by atoms with E-state index in [0.717, 1.165) is 18.4 Å². The van der Waals surface area contributed by atoms with E-state index in [0.29, 0.717) is 18.6 Å². The summed E-state index contributed by atoms with van der Waals surface area (Å²) in [5.74, 6) is -0.254. The molecule has 0 radical (unpaired) electrons. The van der Waals surface area contributed by atoms with E-state index in [1.54, 1.807) is 7.11 Å². The molecule has 0 atom stereocenters. The van der Waals surface area contributed by atoms with Gasteiger partial charge in [0, 0.05) is 6.54 Å². The molecule has 0 unspecified atom stereocenters. The number of carbonyl (C=O) groups is 2. The molecule has 1 aromatic rings.